The predicted molar refractivity (Wildman–Crippen MR) is 95.7 cm³/mol. The summed E-state index contributed by atoms with van der Waals surface area (Å²) < 4.78 is 31.9. The van der Waals surface area contributed by atoms with E-state index in [-0.39, 0.29) is 17.4 Å². The van der Waals surface area contributed by atoms with Crippen molar-refractivity contribution in [1.82, 2.24) is 9.21 Å². The predicted octanol–water partition coefficient (Wildman–Crippen LogP) is 1.97. The molecule has 0 spiro atoms. The zero-order chi connectivity index (χ0) is 18.4. The highest BCUT2D eigenvalue weighted by molar-refractivity contribution is 7.89. The minimum atomic E-state index is -3.60. The molecule has 0 heterocycles. The molecular weight excluding hydrogens is 340 g/mol. The lowest BCUT2D eigenvalue weighted by Gasteiger charge is -2.17. The second kappa shape index (κ2) is 8.13. The number of likely N-dealkylation sites (N-methyl/N-ethyl adjacent to an activating group) is 1. The molecule has 0 saturated carbocycles. The number of hydrogen-bond acceptors (Lipinski definition) is 4. The summed E-state index contributed by atoms with van der Waals surface area (Å²) in [6.45, 7) is 0.200. The maximum absolute atomic E-state index is 12.6. The van der Waals surface area contributed by atoms with Crippen molar-refractivity contribution in [3.05, 3.63) is 60.2 Å². The fourth-order valence-corrected chi connectivity index (χ4v) is 3.25. The Morgan fingerprint density at radius 3 is 2.12 bits per heavy atom. The third-order valence-corrected chi connectivity index (χ3v) is 5.46. The van der Waals surface area contributed by atoms with E-state index in [4.69, 9.17) is 4.74 Å². The van der Waals surface area contributed by atoms with E-state index in [1.165, 1.54) is 21.3 Å². The smallest absolute Gasteiger partial charge is 0.259 e. The average molecular weight is 362 g/mol. The van der Waals surface area contributed by atoms with E-state index in [1.807, 2.05) is 30.3 Å². The molecule has 2 aromatic carbocycles. The van der Waals surface area contributed by atoms with Gasteiger partial charge in [0.25, 0.3) is 5.91 Å². The van der Waals surface area contributed by atoms with Crippen LogP contribution in [0.4, 0.5) is 0 Å². The van der Waals surface area contributed by atoms with Crippen molar-refractivity contribution in [3.8, 4) is 5.75 Å². The summed E-state index contributed by atoms with van der Waals surface area (Å²) in [5.74, 6) is 0.277. The molecule has 6 nitrogen and oxygen atoms in total. The minimum Gasteiger partial charge on any atom is -0.484 e. The van der Waals surface area contributed by atoms with Gasteiger partial charge in [-0.05, 0) is 29.8 Å². The lowest BCUT2D eigenvalue weighted by Crippen LogP contribution is -2.27. The molecule has 0 atom stereocenters. The Hall–Kier alpha value is -2.38. The summed E-state index contributed by atoms with van der Waals surface area (Å²) >= 11 is 0. The maximum atomic E-state index is 12.6. The van der Waals surface area contributed by atoms with E-state index in [2.05, 4.69) is 0 Å². The number of sulfonamides is 1. The molecule has 134 valence electrons. The summed E-state index contributed by atoms with van der Waals surface area (Å²) in [6.07, 6.45) is 0. The Balaban J connectivity index is 2.05. The van der Waals surface area contributed by atoms with Crippen LogP contribution in [0.2, 0.25) is 0 Å². The van der Waals surface area contributed by atoms with Gasteiger partial charge in [0.15, 0.2) is 6.61 Å². The summed E-state index contributed by atoms with van der Waals surface area (Å²) in [5.41, 5.74) is 0.913. The normalized spacial score (nSPS) is 11.4. The van der Waals surface area contributed by atoms with Crippen molar-refractivity contribution in [1.29, 1.82) is 0 Å². The first-order valence-electron chi connectivity index (χ1n) is 7.74. The number of amides is 1. The van der Waals surface area contributed by atoms with Crippen molar-refractivity contribution in [3.63, 3.8) is 0 Å². The number of carbonyl (C=O) groups is 1. The zero-order valence-electron chi connectivity index (χ0n) is 14.5. The first-order chi connectivity index (χ1) is 11.8. The highest BCUT2D eigenvalue weighted by Crippen LogP contribution is 2.20. The van der Waals surface area contributed by atoms with Crippen LogP contribution < -0.4 is 4.74 Å². The fourth-order valence-electron chi connectivity index (χ4n) is 2.09. The van der Waals surface area contributed by atoms with E-state index in [1.54, 1.807) is 33.3 Å². The summed E-state index contributed by atoms with van der Waals surface area (Å²) in [5, 5.41) is 0. The number of hydrogen-bond donors (Lipinski definition) is 0. The van der Waals surface area contributed by atoms with Gasteiger partial charge in [-0.25, -0.2) is 8.42 Å². The van der Waals surface area contributed by atoms with Crippen molar-refractivity contribution < 1.29 is 17.9 Å². The van der Waals surface area contributed by atoms with Crippen LogP contribution in [0.25, 0.3) is 0 Å². The highest BCUT2D eigenvalue weighted by Gasteiger charge is 2.20. The quantitative estimate of drug-likeness (QED) is 0.755. The molecule has 2 rings (SSSR count). The van der Waals surface area contributed by atoms with Gasteiger partial charge in [-0.1, -0.05) is 30.3 Å². The van der Waals surface area contributed by atoms with E-state index in [0.717, 1.165) is 5.56 Å². The molecule has 0 aliphatic rings. The van der Waals surface area contributed by atoms with Crippen LogP contribution in [-0.2, 0) is 21.4 Å². The third kappa shape index (κ3) is 5.04. The van der Waals surface area contributed by atoms with Gasteiger partial charge in [0.05, 0.1) is 4.90 Å². The monoisotopic (exact) mass is 362 g/mol. The molecule has 0 aromatic heterocycles. The van der Waals surface area contributed by atoms with E-state index < -0.39 is 10.0 Å². The first kappa shape index (κ1) is 19.0. The molecule has 7 heteroatoms. The summed E-state index contributed by atoms with van der Waals surface area (Å²) in [7, 11) is 1.23. The highest BCUT2D eigenvalue weighted by atomic mass is 32.2. The molecular formula is C18H22N2O4S. The minimum absolute atomic E-state index is 0.0903. The van der Waals surface area contributed by atoms with E-state index >= 15 is 0 Å². The molecule has 0 bridgehead atoms. The Morgan fingerprint density at radius 1 is 0.960 bits per heavy atom. The standard InChI is InChI=1S/C18H22N2O4S/c1-19(2)18(21)14-24-16-9-11-17(12-10-16)25(22,23)20(3)13-15-7-5-4-6-8-15/h4-12H,13-14H2,1-3H3. The summed E-state index contributed by atoms with van der Waals surface area (Å²) in [6, 6.07) is 15.4. The number of benzene rings is 2. The molecule has 0 unspecified atom stereocenters. The molecule has 2 aromatic rings. The molecule has 0 saturated heterocycles. The Morgan fingerprint density at radius 2 is 1.56 bits per heavy atom. The third-order valence-electron chi connectivity index (χ3n) is 3.64. The fraction of sp³-hybridized carbons (Fsp3) is 0.278. The van der Waals surface area contributed by atoms with Crippen LogP contribution in [0.15, 0.2) is 59.5 Å². The number of ether oxygens (including phenoxy) is 1. The van der Waals surface area contributed by atoms with Crippen LogP contribution in [0.5, 0.6) is 5.75 Å². The first-order valence-corrected chi connectivity index (χ1v) is 9.18. The van der Waals surface area contributed by atoms with E-state index in [9.17, 15) is 13.2 Å². The van der Waals surface area contributed by atoms with Crippen molar-refractivity contribution in [2.45, 2.75) is 11.4 Å². The molecule has 0 fully saturated rings. The SMILES string of the molecule is CN(C)C(=O)COc1ccc(S(=O)(=O)N(C)Cc2ccccc2)cc1. The second-order valence-corrected chi connectivity index (χ2v) is 7.84. The Kier molecular flexibility index (Phi) is 6.17. The van der Waals surface area contributed by atoms with Gasteiger partial charge in [-0.3, -0.25) is 4.79 Å². The van der Waals surface area contributed by atoms with Gasteiger partial charge < -0.3 is 9.64 Å². The van der Waals surface area contributed by atoms with E-state index in [0.29, 0.717) is 12.3 Å². The largest absolute Gasteiger partial charge is 0.484 e. The van der Waals surface area contributed by atoms with Crippen LogP contribution in [0.3, 0.4) is 0 Å². The molecule has 25 heavy (non-hydrogen) atoms. The Bertz CT molecular complexity index is 803. The van der Waals surface area contributed by atoms with Crippen molar-refractivity contribution >= 4 is 15.9 Å². The van der Waals surface area contributed by atoms with Gasteiger partial charge in [0.1, 0.15) is 5.75 Å². The molecule has 1 amide bonds. The van der Waals surface area contributed by atoms with Crippen LogP contribution in [-0.4, -0.2) is 51.3 Å². The van der Waals surface area contributed by atoms with Crippen LogP contribution in [0, 0.1) is 0 Å². The van der Waals surface area contributed by atoms with Crippen molar-refractivity contribution in [2.24, 2.45) is 0 Å². The molecule has 0 aliphatic heterocycles. The van der Waals surface area contributed by atoms with Crippen LogP contribution in [0.1, 0.15) is 5.56 Å². The van der Waals surface area contributed by atoms with Gasteiger partial charge >= 0.3 is 0 Å². The lowest BCUT2D eigenvalue weighted by atomic mass is 10.2. The second-order valence-electron chi connectivity index (χ2n) is 5.79. The van der Waals surface area contributed by atoms with Gasteiger partial charge in [-0.2, -0.15) is 4.31 Å². The number of nitrogens with zero attached hydrogens (tertiary/aromatic N) is 2. The molecule has 0 aliphatic carbocycles. The zero-order valence-corrected chi connectivity index (χ0v) is 15.4. The Labute approximate surface area is 148 Å². The van der Waals surface area contributed by atoms with Crippen LogP contribution >= 0.6 is 0 Å². The molecule has 0 radical (unpaired) electrons. The van der Waals surface area contributed by atoms with Crippen molar-refractivity contribution in [2.75, 3.05) is 27.7 Å². The number of rotatable bonds is 7. The maximum Gasteiger partial charge on any atom is 0.259 e. The lowest BCUT2D eigenvalue weighted by molar-refractivity contribution is -0.130. The topological polar surface area (TPSA) is 66.9 Å². The molecule has 0 N–H and O–H groups in total. The van der Waals surface area contributed by atoms with Gasteiger partial charge in [0, 0.05) is 27.7 Å². The summed E-state index contributed by atoms with van der Waals surface area (Å²) in [4.78, 5) is 13.1. The number of carbonyl (C=O) groups excluding carboxylic acids is 1. The average Bonchev–Trinajstić information content (AvgIpc) is 2.60. The van der Waals surface area contributed by atoms with Gasteiger partial charge in [0.2, 0.25) is 10.0 Å². The van der Waals surface area contributed by atoms with Gasteiger partial charge in [-0.15, -0.1) is 0 Å².